The molecule has 1 N–H and O–H groups in total. The van der Waals surface area contributed by atoms with E-state index in [1.807, 2.05) is 54.3 Å². The van der Waals surface area contributed by atoms with E-state index in [1.165, 1.54) is 0 Å². The Balaban J connectivity index is 1.52. The van der Waals surface area contributed by atoms with Crippen molar-refractivity contribution in [2.24, 2.45) is 0 Å². The van der Waals surface area contributed by atoms with Gasteiger partial charge in [-0.3, -0.25) is 9.59 Å². The predicted molar refractivity (Wildman–Crippen MR) is 124 cm³/mol. The van der Waals surface area contributed by atoms with Crippen LogP contribution in [-0.2, 0) is 14.3 Å². The zero-order valence-corrected chi connectivity index (χ0v) is 19.0. The average Bonchev–Trinajstić information content (AvgIpc) is 2.80. The van der Waals surface area contributed by atoms with Crippen LogP contribution in [0.3, 0.4) is 0 Å². The number of aryl methyl sites for hydroxylation is 1. The summed E-state index contributed by atoms with van der Waals surface area (Å²) in [4.78, 5) is 29.9. The summed E-state index contributed by atoms with van der Waals surface area (Å²) in [6.45, 7) is 8.89. The number of para-hydroxylation sites is 3. The molecule has 2 aliphatic rings. The fraction of sp³-hybridized carbons (Fsp3) is 0.440. The van der Waals surface area contributed by atoms with E-state index in [1.54, 1.807) is 4.90 Å². The average molecular weight is 438 g/mol. The van der Waals surface area contributed by atoms with Gasteiger partial charge in [0.25, 0.3) is 5.91 Å². The normalized spacial score (nSPS) is 18.2. The fourth-order valence-corrected chi connectivity index (χ4v) is 4.27. The molecule has 7 nitrogen and oxygen atoms in total. The van der Waals surface area contributed by atoms with E-state index in [0.29, 0.717) is 44.5 Å². The van der Waals surface area contributed by atoms with Gasteiger partial charge in [0.15, 0.2) is 6.10 Å². The van der Waals surface area contributed by atoms with Crippen molar-refractivity contribution in [1.82, 2.24) is 4.90 Å². The first-order valence-electron chi connectivity index (χ1n) is 11.2. The molecular weight excluding hydrogens is 406 g/mol. The van der Waals surface area contributed by atoms with Crippen LogP contribution in [0.1, 0.15) is 30.9 Å². The van der Waals surface area contributed by atoms with Crippen molar-refractivity contribution in [3.8, 4) is 5.75 Å². The van der Waals surface area contributed by atoms with Crippen LogP contribution in [0.2, 0.25) is 0 Å². The molecule has 7 heteroatoms. The van der Waals surface area contributed by atoms with E-state index in [4.69, 9.17) is 9.47 Å². The summed E-state index contributed by atoms with van der Waals surface area (Å²) in [5.74, 6) is 0.742. The molecule has 0 spiro atoms. The summed E-state index contributed by atoms with van der Waals surface area (Å²) in [7, 11) is 0. The lowest BCUT2D eigenvalue weighted by molar-refractivity contribution is -0.142. The fourth-order valence-electron chi connectivity index (χ4n) is 4.27. The lowest BCUT2D eigenvalue weighted by Gasteiger charge is -2.38. The van der Waals surface area contributed by atoms with Crippen LogP contribution in [0.5, 0.6) is 5.75 Å². The van der Waals surface area contributed by atoms with E-state index in [-0.39, 0.29) is 18.4 Å². The Morgan fingerprint density at radius 2 is 1.84 bits per heavy atom. The molecule has 0 bridgehead atoms. The molecule has 0 saturated carbocycles. The highest BCUT2D eigenvalue weighted by atomic mass is 16.5. The highest BCUT2D eigenvalue weighted by Gasteiger charge is 2.34. The number of benzene rings is 2. The van der Waals surface area contributed by atoms with Gasteiger partial charge in [0, 0.05) is 18.8 Å². The highest BCUT2D eigenvalue weighted by molar-refractivity contribution is 5.96. The molecule has 2 aliphatic heterocycles. The monoisotopic (exact) mass is 437 g/mol. The molecule has 4 rings (SSSR count). The van der Waals surface area contributed by atoms with Gasteiger partial charge < -0.3 is 24.6 Å². The van der Waals surface area contributed by atoms with Gasteiger partial charge in [0.05, 0.1) is 32.0 Å². The number of amides is 2. The molecular formula is C25H31N3O4. The van der Waals surface area contributed by atoms with Crippen molar-refractivity contribution >= 4 is 23.2 Å². The minimum atomic E-state index is -0.652. The molecule has 2 heterocycles. The lowest BCUT2D eigenvalue weighted by atomic mass is 9.98. The van der Waals surface area contributed by atoms with Gasteiger partial charge in [-0.2, -0.15) is 0 Å². The van der Waals surface area contributed by atoms with E-state index in [0.717, 1.165) is 22.5 Å². The van der Waals surface area contributed by atoms with Gasteiger partial charge in [-0.15, -0.1) is 0 Å². The first-order valence-corrected chi connectivity index (χ1v) is 11.2. The van der Waals surface area contributed by atoms with Crippen LogP contribution in [0.25, 0.3) is 0 Å². The summed E-state index contributed by atoms with van der Waals surface area (Å²) in [5.41, 5.74) is 3.84. The second-order valence-electron chi connectivity index (χ2n) is 8.63. The van der Waals surface area contributed by atoms with Crippen LogP contribution in [-0.4, -0.2) is 62.2 Å². The Bertz CT molecular complexity index is 985. The number of carbonyl (C=O) groups excluding carboxylic acids is 2. The van der Waals surface area contributed by atoms with Gasteiger partial charge in [-0.05, 0) is 36.1 Å². The summed E-state index contributed by atoms with van der Waals surface area (Å²) >= 11 is 0. The smallest absolute Gasteiger partial charge is 0.265 e. The third-order valence-electron chi connectivity index (χ3n) is 5.99. The molecule has 1 saturated heterocycles. The molecule has 0 aliphatic carbocycles. The lowest BCUT2D eigenvalue weighted by Crippen LogP contribution is -2.53. The van der Waals surface area contributed by atoms with Gasteiger partial charge in [-0.1, -0.05) is 44.2 Å². The van der Waals surface area contributed by atoms with Crippen molar-refractivity contribution in [2.45, 2.75) is 32.8 Å². The molecule has 2 amide bonds. The number of nitrogens with zero attached hydrogens (tertiary/aromatic N) is 2. The molecule has 2 aromatic rings. The van der Waals surface area contributed by atoms with E-state index in [9.17, 15) is 9.59 Å². The second kappa shape index (κ2) is 9.61. The quantitative estimate of drug-likeness (QED) is 0.778. The zero-order valence-electron chi connectivity index (χ0n) is 19.0. The number of hydrogen-bond acceptors (Lipinski definition) is 5. The maximum Gasteiger partial charge on any atom is 0.265 e. The maximum absolute atomic E-state index is 13.1. The largest absolute Gasteiger partial charge is 0.477 e. The standard InChI is InChI=1S/C25H31N3O4/c1-17(2)19-8-6-7-18(3)24(19)26-23(29)16-28-15-22(25(30)27-11-13-31-14-12-27)32-21-10-5-4-9-20(21)28/h4-10,17,22H,11-16H2,1-3H3,(H,26,29)/t22-/m1/s1. The molecule has 0 radical (unpaired) electrons. The topological polar surface area (TPSA) is 71.1 Å². The highest BCUT2D eigenvalue weighted by Crippen LogP contribution is 2.34. The zero-order chi connectivity index (χ0) is 22.7. The minimum absolute atomic E-state index is 0.0609. The summed E-state index contributed by atoms with van der Waals surface area (Å²) in [6, 6.07) is 13.6. The number of carbonyl (C=O) groups is 2. The molecule has 1 atom stereocenters. The predicted octanol–water partition coefficient (Wildman–Crippen LogP) is 3.18. The van der Waals surface area contributed by atoms with Gasteiger partial charge in [-0.25, -0.2) is 0 Å². The number of hydrogen-bond donors (Lipinski definition) is 1. The van der Waals surface area contributed by atoms with E-state index < -0.39 is 6.10 Å². The molecule has 170 valence electrons. The van der Waals surface area contributed by atoms with Crippen molar-refractivity contribution < 1.29 is 19.1 Å². The van der Waals surface area contributed by atoms with Crippen LogP contribution < -0.4 is 15.0 Å². The SMILES string of the molecule is Cc1cccc(C(C)C)c1NC(=O)CN1C[C@H](C(=O)N2CCOCC2)Oc2ccccc21. The number of nitrogens with one attached hydrogen (secondary N) is 1. The first-order chi connectivity index (χ1) is 15.4. The summed E-state index contributed by atoms with van der Waals surface area (Å²) in [5, 5.41) is 3.11. The second-order valence-corrected chi connectivity index (χ2v) is 8.63. The van der Waals surface area contributed by atoms with Crippen LogP contribution >= 0.6 is 0 Å². The molecule has 32 heavy (non-hydrogen) atoms. The number of fused-ring (bicyclic) bond motifs is 1. The van der Waals surface area contributed by atoms with E-state index in [2.05, 4.69) is 19.2 Å². The van der Waals surface area contributed by atoms with Crippen molar-refractivity contribution in [2.75, 3.05) is 49.6 Å². The molecule has 0 aromatic heterocycles. The van der Waals surface area contributed by atoms with Crippen LogP contribution in [0.4, 0.5) is 11.4 Å². The third kappa shape index (κ3) is 4.72. The van der Waals surface area contributed by atoms with Gasteiger partial charge in [0.2, 0.25) is 5.91 Å². The van der Waals surface area contributed by atoms with Gasteiger partial charge >= 0.3 is 0 Å². The Morgan fingerprint density at radius 1 is 1.09 bits per heavy atom. The third-order valence-corrected chi connectivity index (χ3v) is 5.99. The van der Waals surface area contributed by atoms with Crippen LogP contribution in [0.15, 0.2) is 42.5 Å². The Labute approximate surface area is 189 Å². The van der Waals surface area contributed by atoms with Gasteiger partial charge in [0.1, 0.15) is 5.75 Å². The van der Waals surface area contributed by atoms with Crippen molar-refractivity contribution in [3.63, 3.8) is 0 Å². The van der Waals surface area contributed by atoms with Crippen molar-refractivity contribution in [1.29, 1.82) is 0 Å². The Morgan fingerprint density at radius 3 is 2.59 bits per heavy atom. The first kappa shape index (κ1) is 22.1. The minimum Gasteiger partial charge on any atom is -0.477 e. The number of ether oxygens (including phenoxy) is 2. The van der Waals surface area contributed by atoms with Crippen LogP contribution in [0, 0.1) is 6.92 Å². The van der Waals surface area contributed by atoms with Crippen molar-refractivity contribution in [3.05, 3.63) is 53.6 Å². The summed E-state index contributed by atoms with van der Waals surface area (Å²) in [6.07, 6.45) is -0.652. The number of morpholine rings is 1. The summed E-state index contributed by atoms with van der Waals surface area (Å²) < 4.78 is 11.4. The van der Waals surface area contributed by atoms with E-state index >= 15 is 0 Å². The Hall–Kier alpha value is -3.06. The number of rotatable bonds is 5. The Kier molecular flexibility index (Phi) is 6.65. The molecule has 1 fully saturated rings. The maximum atomic E-state index is 13.1. The molecule has 0 unspecified atom stereocenters. The number of anilines is 2. The molecule has 2 aromatic carbocycles.